The Morgan fingerprint density at radius 2 is 1.80 bits per heavy atom. The number of nitrogens with one attached hydrogen (secondary N) is 1. The van der Waals surface area contributed by atoms with Gasteiger partial charge in [-0.15, -0.1) is 0 Å². The van der Waals surface area contributed by atoms with Gasteiger partial charge in [-0.3, -0.25) is 4.90 Å². The molecule has 0 aromatic rings. The molecule has 0 aromatic carbocycles. The molecule has 1 nitrogen and oxygen atoms in total. The number of allylic oxidation sites excluding steroid dienone is 5. The van der Waals surface area contributed by atoms with Gasteiger partial charge in [0, 0.05) is 12.2 Å². The third kappa shape index (κ3) is 1.22. The highest BCUT2D eigenvalue weighted by Gasteiger charge is 2.11. The van der Waals surface area contributed by atoms with Gasteiger partial charge in [0.1, 0.15) is 18.1 Å². The predicted molar refractivity (Wildman–Crippen MR) is 36.5 cm³/mol. The molecule has 2 heteroatoms. The van der Waals surface area contributed by atoms with Crippen molar-refractivity contribution in [2.24, 2.45) is 0 Å². The molecule has 0 amide bonds. The van der Waals surface area contributed by atoms with Crippen LogP contribution in [0, 0.1) is 0 Å². The standard InChI is InChI=1S/C8H7N.HI/c1-2-6-9-7-3-5-8(9)4-1;/h1-7H;1H. The Labute approximate surface area is 77.4 Å². The molecule has 10 heavy (non-hydrogen) atoms. The number of quaternary nitrogens is 1. The van der Waals surface area contributed by atoms with E-state index in [1.807, 2.05) is 0 Å². The number of rotatable bonds is 0. The normalized spacial score (nSPS) is 25.6. The minimum absolute atomic E-state index is 0. The van der Waals surface area contributed by atoms with E-state index in [2.05, 4.69) is 42.8 Å². The van der Waals surface area contributed by atoms with E-state index in [0.717, 1.165) is 0 Å². The van der Waals surface area contributed by atoms with E-state index in [4.69, 9.17) is 0 Å². The van der Waals surface area contributed by atoms with E-state index in [9.17, 15) is 0 Å². The first-order valence-electron chi connectivity index (χ1n) is 3.07. The van der Waals surface area contributed by atoms with Crippen molar-refractivity contribution in [1.29, 1.82) is 0 Å². The molecule has 0 saturated carbocycles. The van der Waals surface area contributed by atoms with Crippen molar-refractivity contribution >= 4 is 0 Å². The molecule has 1 unspecified atom stereocenters. The van der Waals surface area contributed by atoms with Crippen molar-refractivity contribution in [3.8, 4) is 0 Å². The van der Waals surface area contributed by atoms with Crippen molar-refractivity contribution < 1.29 is 28.9 Å². The van der Waals surface area contributed by atoms with Crippen LogP contribution >= 0.6 is 0 Å². The summed E-state index contributed by atoms with van der Waals surface area (Å²) in [5, 5.41) is 0. The molecule has 1 atom stereocenters. The molecule has 2 rings (SSSR count). The minimum Gasteiger partial charge on any atom is -1.00 e. The second kappa shape index (κ2) is 3.16. The van der Waals surface area contributed by atoms with Gasteiger partial charge in [0.15, 0.2) is 0 Å². The van der Waals surface area contributed by atoms with Crippen LogP contribution in [-0.2, 0) is 0 Å². The van der Waals surface area contributed by atoms with Gasteiger partial charge in [-0.25, -0.2) is 0 Å². The largest absolute Gasteiger partial charge is 1.00 e. The third-order valence-corrected chi connectivity index (χ3v) is 1.55. The fraction of sp³-hybridized carbons (Fsp3) is 0. The first kappa shape index (κ1) is 7.75. The summed E-state index contributed by atoms with van der Waals surface area (Å²) in [6.45, 7) is 0. The highest BCUT2D eigenvalue weighted by atomic mass is 127. The van der Waals surface area contributed by atoms with Gasteiger partial charge in [-0.1, -0.05) is 6.08 Å². The average molecular weight is 245 g/mol. The monoisotopic (exact) mass is 245 g/mol. The summed E-state index contributed by atoms with van der Waals surface area (Å²) in [4.78, 5) is 1.33. The molecular weight excluding hydrogens is 237 g/mol. The zero-order valence-corrected chi connectivity index (χ0v) is 7.58. The third-order valence-electron chi connectivity index (χ3n) is 1.55. The van der Waals surface area contributed by atoms with Crippen LogP contribution in [0.4, 0.5) is 0 Å². The maximum Gasteiger partial charge on any atom is 0.140 e. The number of halogens is 1. The van der Waals surface area contributed by atoms with Gasteiger partial charge >= 0.3 is 0 Å². The second-order valence-corrected chi connectivity index (χ2v) is 2.15. The quantitative estimate of drug-likeness (QED) is 0.445. The lowest BCUT2D eigenvalue weighted by molar-refractivity contribution is -0.739. The molecule has 0 radical (unpaired) electrons. The van der Waals surface area contributed by atoms with Crippen molar-refractivity contribution in [1.82, 2.24) is 0 Å². The molecule has 0 bridgehead atoms. The maximum atomic E-state index is 2.12. The van der Waals surface area contributed by atoms with E-state index in [1.54, 1.807) is 0 Å². The van der Waals surface area contributed by atoms with Gasteiger partial charge in [0.05, 0.1) is 0 Å². The van der Waals surface area contributed by atoms with E-state index >= 15 is 0 Å². The lowest BCUT2D eigenvalue weighted by Crippen LogP contribution is -3.00. The lowest BCUT2D eigenvalue weighted by atomic mass is 10.3. The maximum absolute atomic E-state index is 2.12. The summed E-state index contributed by atoms with van der Waals surface area (Å²) in [7, 11) is 0. The van der Waals surface area contributed by atoms with E-state index in [0.29, 0.717) is 0 Å². The van der Waals surface area contributed by atoms with E-state index < -0.39 is 0 Å². The van der Waals surface area contributed by atoms with Crippen molar-refractivity contribution in [2.75, 3.05) is 0 Å². The van der Waals surface area contributed by atoms with Crippen LogP contribution in [0.5, 0.6) is 0 Å². The molecule has 0 aromatic heterocycles. The van der Waals surface area contributed by atoms with Gasteiger partial charge in [-0.05, 0) is 12.2 Å². The van der Waals surface area contributed by atoms with E-state index in [1.165, 1.54) is 10.6 Å². The van der Waals surface area contributed by atoms with E-state index in [-0.39, 0.29) is 24.0 Å². The Hall–Kier alpha value is -0.350. The fourth-order valence-corrected chi connectivity index (χ4v) is 1.07. The Bertz CT molecular complexity index is 236. The topological polar surface area (TPSA) is 4.44 Å². The van der Waals surface area contributed by atoms with Crippen molar-refractivity contribution in [3.05, 3.63) is 48.5 Å². The van der Waals surface area contributed by atoms with Crippen LogP contribution in [0.25, 0.3) is 0 Å². The van der Waals surface area contributed by atoms with Gasteiger partial charge in [-0.2, -0.15) is 0 Å². The molecule has 0 fully saturated rings. The van der Waals surface area contributed by atoms with Crippen LogP contribution in [0.2, 0.25) is 0 Å². The number of hydrogen-bond donors (Lipinski definition) is 1. The summed E-state index contributed by atoms with van der Waals surface area (Å²) in [6.07, 6.45) is 14.7. The zero-order chi connectivity index (χ0) is 6.10. The molecule has 0 saturated heterocycles. The van der Waals surface area contributed by atoms with Gasteiger partial charge in [0.25, 0.3) is 0 Å². The second-order valence-electron chi connectivity index (χ2n) is 2.15. The van der Waals surface area contributed by atoms with Crippen LogP contribution in [0.3, 0.4) is 0 Å². The Balaban J connectivity index is 0.000000500. The Morgan fingerprint density at radius 1 is 1.00 bits per heavy atom. The molecule has 0 spiro atoms. The molecule has 2 aliphatic heterocycles. The Morgan fingerprint density at radius 3 is 2.60 bits per heavy atom. The molecule has 2 heterocycles. The molecular formula is C8H8IN. The molecule has 0 aliphatic carbocycles. The lowest BCUT2D eigenvalue weighted by Gasteiger charge is -2.06. The minimum atomic E-state index is 0. The van der Waals surface area contributed by atoms with Gasteiger partial charge in [0.2, 0.25) is 0 Å². The van der Waals surface area contributed by atoms with Crippen molar-refractivity contribution in [3.63, 3.8) is 0 Å². The summed E-state index contributed by atoms with van der Waals surface area (Å²) >= 11 is 0. The Kier molecular flexibility index (Phi) is 2.45. The highest BCUT2D eigenvalue weighted by molar-refractivity contribution is 5.26. The summed E-state index contributed by atoms with van der Waals surface area (Å²) in [5.74, 6) is 0. The number of fused-ring (bicyclic) bond motifs is 1. The molecule has 52 valence electrons. The first-order valence-corrected chi connectivity index (χ1v) is 3.07. The van der Waals surface area contributed by atoms with Crippen molar-refractivity contribution in [2.45, 2.75) is 0 Å². The average Bonchev–Trinajstić information content (AvgIpc) is 2.33. The zero-order valence-electron chi connectivity index (χ0n) is 5.42. The summed E-state index contributed by atoms with van der Waals surface area (Å²) in [5.41, 5.74) is 1.33. The highest BCUT2D eigenvalue weighted by Crippen LogP contribution is 1.97. The summed E-state index contributed by atoms with van der Waals surface area (Å²) in [6, 6.07) is 0. The predicted octanol–water partition coefficient (Wildman–Crippen LogP) is -2.63. The van der Waals surface area contributed by atoms with Gasteiger partial charge < -0.3 is 24.0 Å². The molecule has 1 N–H and O–H groups in total. The number of hydrogen-bond acceptors (Lipinski definition) is 0. The SMILES string of the molecule is C1=CC2=CC=C[NH+]2C=C1.[I-]. The molecule has 2 aliphatic rings. The summed E-state index contributed by atoms with van der Waals surface area (Å²) < 4.78 is 0. The smallest absolute Gasteiger partial charge is 0.140 e. The first-order chi connectivity index (χ1) is 4.47. The van der Waals surface area contributed by atoms with Crippen LogP contribution in [0.1, 0.15) is 0 Å². The van der Waals surface area contributed by atoms with Crippen LogP contribution in [0.15, 0.2) is 48.5 Å². The van der Waals surface area contributed by atoms with Crippen LogP contribution < -0.4 is 28.9 Å². The van der Waals surface area contributed by atoms with Crippen LogP contribution in [-0.4, -0.2) is 0 Å². The fourth-order valence-electron chi connectivity index (χ4n) is 1.07.